The van der Waals surface area contributed by atoms with Crippen LogP contribution >= 0.6 is 0 Å². The molecule has 0 radical (unpaired) electrons. The molecule has 0 aromatic carbocycles. The van der Waals surface area contributed by atoms with Gasteiger partial charge in [-0.3, -0.25) is 4.90 Å². The molecule has 2 atom stereocenters. The van der Waals surface area contributed by atoms with E-state index in [2.05, 4.69) is 22.8 Å². The fourth-order valence-electron chi connectivity index (χ4n) is 4.58. The monoisotopic (exact) mass is 325 g/mol. The summed E-state index contributed by atoms with van der Waals surface area (Å²) in [5, 5.41) is 0. The third-order valence-electron chi connectivity index (χ3n) is 5.95. The highest BCUT2D eigenvalue weighted by molar-refractivity contribution is 5.88. The number of carbonyl (C=O) groups is 1. The molecule has 0 aromatic rings. The Morgan fingerprint density at radius 2 is 1.92 bits per heavy atom. The van der Waals surface area contributed by atoms with E-state index >= 15 is 0 Å². The molecule has 2 aliphatic heterocycles. The van der Waals surface area contributed by atoms with E-state index in [1.54, 1.807) is 6.08 Å². The van der Waals surface area contributed by atoms with Crippen molar-refractivity contribution in [3.63, 3.8) is 0 Å². The smallest absolute Gasteiger partial charge is 0.331 e. The summed E-state index contributed by atoms with van der Waals surface area (Å²) in [7, 11) is 0. The van der Waals surface area contributed by atoms with Gasteiger partial charge in [-0.15, -0.1) is 0 Å². The minimum Gasteiger partial charge on any atom is -0.454 e. The summed E-state index contributed by atoms with van der Waals surface area (Å²) in [6, 6.07) is 0.370. The zero-order valence-electron chi connectivity index (χ0n) is 14.4. The highest BCUT2D eigenvalue weighted by Crippen LogP contribution is 2.34. The predicted molar refractivity (Wildman–Crippen MR) is 94.2 cm³/mol. The van der Waals surface area contributed by atoms with E-state index < -0.39 is 0 Å². The summed E-state index contributed by atoms with van der Waals surface area (Å²) in [4.78, 5) is 14.3. The van der Waals surface area contributed by atoms with E-state index in [-0.39, 0.29) is 12.1 Å². The first-order valence-electron chi connectivity index (χ1n) is 9.67. The van der Waals surface area contributed by atoms with Crippen LogP contribution in [0.25, 0.3) is 0 Å². The molecule has 0 bridgehead atoms. The second kappa shape index (κ2) is 7.15. The summed E-state index contributed by atoms with van der Waals surface area (Å²) in [6.45, 7) is 2.31. The first-order valence-corrected chi connectivity index (χ1v) is 9.67. The predicted octanol–water partition coefficient (Wildman–Crippen LogP) is 3.61. The Balaban J connectivity index is 1.52. The van der Waals surface area contributed by atoms with Crippen LogP contribution in [0.15, 0.2) is 23.3 Å². The molecule has 1 saturated heterocycles. The summed E-state index contributed by atoms with van der Waals surface area (Å²) < 4.78 is 5.53. The van der Waals surface area contributed by atoms with E-state index in [0.717, 1.165) is 43.0 Å². The molecule has 1 saturated carbocycles. The lowest BCUT2D eigenvalue weighted by atomic mass is 9.87. The third-order valence-corrected chi connectivity index (χ3v) is 5.95. The van der Waals surface area contributed by atoms with E-state index in [1.807, 2.05) is 0 Å². The van der Waals surface area contributed by atoms with Crippen molar-refractivity contribution in [3.05, 3.63) is 23.3 Å². The van der Waals surface area contributed by atoms with E-state index in [4.69, 9.17) is 4.74 Å². The summed E-state index contributed by atoms with van der Waals surface area (Å²) in [5.41, 5.74) is 2.07. The Kier molecular flexibility index (Phi) is 4.76. The van der Waals surface area contributed by atoms with E-state index in [0.29, 0.717) is 6.04 Å². The number of hydrogen-bond donors (Lipinski definition) is 0. The molecule has 0 amide bonds. The van der Waals surface area contributed by atoms with Gasteiger partial charge in [0.15, 0.2) is 0 Å². The molecular formula is C21H27NO2. The fraction of sp³-hybridized carbons (Fsp3) is 0.667. The van der Waals surface area contributed by atoms with Gasteiger partial charge in [0.2, 0.25) is 0 Å². The van der Waals surface area contributed by atoms with Crippen molar-refractivity contribution in [2.75, 3.05) is 13.1 Å². The number of esters is 1. The van der Waals surface area contributed by atoms with Gasteiger partial charge in [0, 0.05) is 36.1 Å². The maximum atomic E-state index is 11.7. The molecule has 0 aromatic heterocycles. The van der Waals surface area contributed by atoms with Gasteiger partial charge >= 0.3 is 5.97 Å². The molecule has 4 aliphatic rings. The molecule has 3 nitrogen and oxygen atoms in total. The van der Waals surface area contributed by atoms with Crippen molar-refractivity contribution in [3.8, 4) is 11.8 Å². The summed E-state index contributed by atoms with van der Waals surface area (Å²) in [6.07, 6.45) is 15.1. The maximum Gasteiger partial charge on any atom is 0.331 e. The maximum absolute atomic E-state index is 11.7. The molecule has 2 heterocycles. The lowest BCUT2D eigenvalue weighted by Gasteiger charge is -2.36. The third kappa shape index (κ3) is 3.44. The van der Waals surface area contributed by atoms with Gasteiger partial charge in [-0.25, -0.2) is 4.79 Å². The number of rotatable bonds is 2. The number of carbonyl (C=O) groups excluding carboxylic acids is 1. The van der Waals surface area contributed by atoms with Crippen LogP contribution in [0.2, 0.25) is 0 Å². The molecule has 0 N–H and O–H groups in total. The van der Waals surface area contributed by atoms with Gasteiger partial charge in [-0.05, 0) is 44.7 Å². The topological polar surface area (TPSA) is 29.5 Å². The van der Waals surface area contributed by atoms with Gasteiger partial charge in [-0.1, -0.05) is 37.2 Å². The molecule has 2 unspecified atom stereocenters. The Labute approximate surface area is 145 Å². The number of piperidine rings is 1. The first kappa shape index (κ1) is 16.0. The lowest BCUT2D eigenvalue weighted by Crippen LogP contribution is -2.42. The van der Waals surface area contributed by atoms with Crippen LogP contribution in [0.5, 0.6) is 0 Å². The highest BCUT2D eigenvalue weighted by Gasteiger charge is 2.36. The molecule has 3 heteroatoms. The number of likely N-dealkylation sites (tertiary alicyclic amines) is 1. The summed E-state index contributed by atoms with van der Waals surface area (Å²) in [5.74, 6) is 7.38. The molecule has 128 valence electrons. The number of hydrogen-bond acceptors (Lipinski definition) is 3. The van der Waals surface area contributed by atoms with Crippen LogP contribution in [-0.2, 0) is 9.53 Å². The Morgan fingerprint density at radius 1 is 1.12 bits per heavy atom. The number of nitrogens with zero attached hydrogens (tertiary/aromatic N) is 1. The first-order chi connectivity index (χ1) is 11.8. The molecule has 24 heavy (non-hydrogen) atoms. The van der Waals surface area contributed by atoms with Gasteiger partial charge in [0.25, 0.3) is 0 Å². The van der Waals surface area contributed by atoms with E-state index in [1.165, 1.54) is 44.9 Å². The van der Waals surface area contributed by atoms with Gasteiger partial charge in [0.1, 0.15) is 6.10 Å². The van der Waals surface area contributed by atoms with Crippen molar-refractivity contribution in [1.29, 1.82) is 0 Å². The zero-order valence-corrected chi connectivity index (χ0v) is 14.4. The fourth-order valence-corrected chi connectivity index (χ4v) is 4.58. The molecule has 4 rings (SSSR count). The SMILES string of the molecule is O=C1C=C2C(C#CCC3CCCC3)=CC(N3CCCCC3)CC2O1. The number of ether oxygens (including phenoxy) is 1. The average Bonchev–Trinajstić information content (AvgIpc) is 3.24. The molecular weight excluding hydrogens is 298 g/mol. The normalized spacial score (nSPS) is 30.9. The van der Waals surface area contributed by atoms with Crippen LogP contribution < -0.4 is 0 Å². The van der Waals surface area contributed by atoms with E-state index in [9.17, 15) is 4.79 Å². The zero-order chi connectivity index (χ0) is 16.4. The van der Waals surface area contributed by atoms with Crippen molar-refractivity contribution in [2.45, 2.75) is 69.9 Å². The second-order valence-corrected chi connectivity index (χ2v) is 7.66. The second-order valence-electron chi connectivity index (χ2n) is 7.66. The average molecular weight is 325 g/mol. The Morgan fingerprint density at radius 3 is 2.71 bits per heavy atom. The quantitative estimate of drug-likeness (QED) is 0.574. The van der Waals surface area contributed by atoms with Crippen LogP contribution in [0.1, 0.15) is 57.8 Å². The minimum absolute atomic E-state index is 0.0785. The molecule has 2 aliphatic carbocycles. The standard InChI is InChI=1S/C21H27NO2/c23-21-15-19-17(10-6-9-16-7-2-3-8-16)13-18(14-20(19)24-21)22-11-4-1-5-12-22/h13,15-16,18,20H,1-5,7-9,11-12,14H2. The lowest BCUT2D eigenvalue weighted by molar-refractivity contribution is -0.139. The van der Waals surface area contributed by atoms with Crippen molar-refractivity contribution < 1.29 is 9.53 Å². The molecule has 2 fully saturated rings. The highest BCUT2D eigenvalue weighted by atomic mass is 16.5. The van der Waals surface area contributed by atoms with Crippen LogP contribution in [0, 0.1) is 17.8 Å². The van der Waals surface area contributed by atoms with Crippen LogP contribution in [-0.4, -0.2) is 36.1 Å². The van der Waals surface area contributed by atoms with Crippen LogP contribution in [0.3, 0.4) is 0 Å². The van der Waals surface area contributed by atoms with Gasteiger partial charge < -0.3 is 4.74 Å². The largest absolute Gasteiger partial charge is 0.454 e. The molecule has 0 spiro atoms. The van der Waals surface area contributed by atoms with Crippen LogP contribution in [0.4, 0.5) is 0 Å². The van der Waals surface area contributed by atoms with Crippen molar-refractivity contribution in [2.24, 2.45) is 5.92 Å². The van der Waals surface area contributed by atoms with Gasteiger partial charge in [0.05, 0.1) is 0 Å². The Bertz CT molecular complexity index is 609. The minimum atomic E-state index is -0.196. The Hall–Kier alpha value is -1.53. The number of fused-ring (bicyclic) bond motifs is 1. The summed E-state index contributed by atoms with van der Waals surface area (Å²) >= 11 is 0. The van der Waals surface area contributed by atoms with Crippen molar-refractivity contribution >= 4 is 5.97 Å². The van der Waals surface area contributed by atoms with Crippen molar-refractivity contribution in [1.82, 2.24) is 4.90 Å². The van der Waals surface area contributed by atoms with Gasteiger partial charge in [-0.2, -0.15) is 0 Å².